The minimum absolute atomic E-state index is 0.0232. The van der Waals surface area contributed by atoms with Crippen molar-refractivity contribution in [2.24, 2.45) is 17.8 Å². The lowest BCUT2D eigenvalue weighted by molar-refractivity contribution is -0.121. The summed E-state index contributed by atoms with van der Waals surface area (Å²) in [5.41, 5.74) is 9.71. The maximum Gasteiger partial charge on any atom is 0.227 e. The lowest BCUT2D eigenvalue weighted by Crippen LogP contribution is -2.30. The van der Waals surface area contributed by atoms with E-state index < -0.39 is 0 Å². The standard InChI is InChI=1S/C25H27FN2O/c1-4-18-5-12-22(13-6-18)28-25(29)17(3)20-9-7-19(8-10-20)16(2)23-15-21(26)11-14-24(23)27/h1,5-6,11-15,17,19-20H,2,7-10,27H2,3H3,(H,28,29). The molecule has 1 aliphatic carbocycles. The molecule has 0 heterocycles. The SMILES string of the molecule is C#Cc1ccc(NC(=O)C(C)C2CCC(C(=C)c3cc(F)ccc3N)CC2)cc1. The van der Waals surface area contributed by atoms with Crippen LogP contribution in [0.3, 0.4) is 0 Å². The number of anilines is 2. The van der Waals surface area contributed by atoms with E-state index in [1.807, 2.05) is 31.2 Å². The Labute approximate surface area is 172 Å². The van der Waals surface area contributed by atoms with Crippen molar-refractivity contribution >= 4 is 22.9 Å². The topological polar surface area (TPSA) is 55.1 Å². The molecule has 1 fully saturated rings. The van der Waals surface area contributed by atoms with Crippen molar-refractivity contribution in [3.63, 3.8) is 0 Å². The Balaban J connectivity index is 1.56. The number of hydrogen-bond donors (Lipinski definition) is 2. The average Bonchev–Trinajstić information content (AvgIpc) is 2.75. The summed E-state index contributed by atoms with van der Waals surface area (Å²) in [6.45, 7) is 6.17. The van der Waals surface area contributed by atoms with Gasteiger partial charge in [0, 0.05) is 28.4 Å². The molecular weight excluding hydrogens is 363 g/mol. The molecule has 1 unspecified atom stereocenters. The summed E-state index contributed by atoms with van der Waals surface area (Å²) in [6, 6.07) is 11.7. The number of allylic oxidation sites excluding steroid dienone is 1. The van der Waals surface area contributed by atoms with Crippen LogP contribution < -0.4 is 11.1 Å². The molecule has 1 amide bonds. The van der Waals surface area contributed by atoms with E-state index in [0.29, 0.717) is 17.2 Å². The summed E-state index contributed by atoms with van der Waals surface area (Å²) in [4.78, 5) is 12.7. The Morgan fingerprint density at radius 2 is 1.86 bits per heavy atom. The van der Waals surface area contributed by atoms with E-state index >= 15 is 0 Å². The van der Waals surface area contributed by atoms with Crippen LogP contribution in [0.5, 0.6) is 0 Å². The quantitative estimate of drug-likeness (QED) is 0.524. The van der Waals surface area contributed by atoms with E-state index in [4.69, 9.17) is 12.2 Å². The third-order valence-electron chi connectivity index (χ3n) is 6.07. The highest BCUT2D eigenvalue weighted by Gasteiger charge is 2.30. The molecule has 0 radical (unpaired) electrons. The maximum absolute atomic E-state index is 13.6. The van der Waals surface area contributed by atoms with Gasteiger partial charge in [-0.05, 0) is 85.6 Å². The van der Waals surface area contributed by atoms with Gasteiger partial charge in [0.2, 0.25) is 5.91 Å². The number of nitrogens with one attached hydrogen (secondary N) is 1. The smallest absolute Gasteiger partial charge is 0.227 e. The molecule has 29 heavy (non-hydrogen) atoms. The monoisotopic (exact) mass is 390 g/mol. The van der Waals surface area contributed by atoms with Gasteiger partial charge in [-0.1, -0.05) is 19.4 Å². The van der Waals surface area contributed by atoms with E-state index in [1.165, 1.54) is 12.1 Å². The van der Waals surface area contributed by atoms with Crippen LogP contribution in [0.4, 0.5) is 15.8 Å². The molecule has 0 aromatic heterocycles. The molecule has 3 nitrogen and oxygen atoms in total. The molecule has 2 aromatic carbocycles. The number of rotatable bonds is 5. The second kappa shape index (κ2) is 8.96. The van der Waals surface area contributed by atoms with Gasteiger partial charge in [0.15, 0.2) is 0 Å². The predicted molar refractivity (Wildman–Crippen MR) is 117 cm³/mol. The average molecular weight is 391 g/mol. The van der Waals surface area contributed by atoms with E-state index in [1.54, 1.807) is 6.07 Å². The van der Waals surface area contributed by atoms with Gasteiger partial charge < -0.3 is 11.1 Å². The van der Waals surface area contributed by atoms with Crippen molar-refractivity contribution in [3.8, 4) is 12.3 Å². The van der Waals surface area contributed by atoms with Crippen LogP contribution in [0.25, 0.3) is 5.57 Å². The normalized spacial score (nSPS) is 19.8. The van der Waals surface area contributed by atoms with Gasteiger partial charge in [0.1, 0.15) is 5.82 Å². The van der Waals surface area contributed by atoms with E-state index in [0.717, 1.165) is 42.5 Å². The molecule has 0 bridgehead atoms. The van der Waals surface area contributed by atoms with Crippen molar-refractivity contribution < 1.29 is 9.18 Å². The number of nitrogen functional groups attached to an aromatic ring is 1. The van der Waals surface area contributed by atoms with E-state index in [9.17, 15) is 9.18 Å². The fourth-order valence-corrected chi connectivity index (χ4v) is 4.11. The van der Waals surface area contributed by atoms with Crippen LogP contribution in [-0.4, -0.2) is 5.91 Å². The zero-order chi connectivity index (χ0) is 21.0. The molecule has 3 N–H and O–H groups in total. The third kappa shape index (κ3) is 4.86. The number of terminal acetylenes is 1. The van der Waals surface area contributed by atoms with Crippen molar-refractivity contribution in [3.05, 3.63) is 66.0 Å². The molecule has 1 atom stereocenters. The summed E-state index contributed by atoms with van der Waals surface area (Å²) in [5.74, 6) is 2.78. The van der Waals surface area contributed by atoms with Crippen LogP contribution >= 0.6 is 0 Å². The minimum Gasteiger partial charge on any atom is -0.398 e. The van der Waals surface area contributed by atoms with Crippen molar-refractivity contribution in [2.75, 3.05) is 11.1 Å². The van der Waals surface area contributed by atoms with Crippen LogP contribution in [0.2, 0.25) is 0 Å². The number of carbonyl (C=O) groups excluding carboxylic acids is 1. The van der Waals surface area contributed by atoms with Crippen LogP contribution in [-0.2, 0) is 4.79 Å². The molecule has 0 spiro atoms. The first-order valence-electron chi connectivity index (χ1n) is 10.0. The summed E-state index contributed by atoms with van der Waals surface area (Å²) in [6.07, 6.45) is 9.08. The Morgan fingerprint density at radius 3 is 2.48 bits per heavy atom. The number of halogens is 1. The molecule has 0 saturated heterocycles. The molecule has 1 aliphatic rings. The zero-order valence-electron chi connectivity index (χ0n) is 16.7. The Hall–Kier alpha value is -3.06. The highest BCUT2D eigenvalue weighted by atomic mass is 19.1. The fraction of sp³-hybridized carbons (Fsp3) is 0.320. The van der Waals surface area contributed by atoms with Gasteiger partial charge in [-0.3, -0.25) is 4.79 Å². The highest BCUT2D eigenvalue weighted by molar-refractivity contribution is 5.92. The van der Waals surface area contributed by atoms with Crippen LogP contribution in [0.15, 0.2) is 49.0 Å². The molecular formula is C25H27FN2O. The maximum atomic E-state index is 13.6. The molecule has 3 rings (SSSR count). The first-order valence-corrected chi connectivity index (χ1v) is 10.0. The second-order valence-corrected chi connectivity index (χ2v) is 7.87. The molecule has 150 valence electrons. The van der Waals surface area contributed by atoms with Gasteiger partial charge in [-0.25, -0.2) is 4.39 Å². The first kappa shape index (κ1) is 20.7. The van der Waals surface area contributed by atoms with Crippen molar-refractivity contribution in [2.45, 2.75) is 32.6 Å². The van der Waals surface area contributed by atoms with Gasteiger partial charge in [0.05, 0.1) is 0 Å². The van der Waals surface area contributed by atoms with Crippen molar-refractivity contribution in [1.29, 1.82) is 0 Å². The predicted octanol–water partition coefficient (Wildman–Crippen LogP) is 5.48. The number of carbonyl (C=O) groups is 1. The number of nitrogens with two attached hydrogens (primary N) is 1. The molecule has 2 aromatic rings. The summed E-state index contributed by atoms with van der Waals surface area (Å²) in [7, 11) is 0. The lowest BCUT2D eigenvalue weighted by Gasteiger charge is -2.33. The third-order valence-corrected chi connectivity index (χ3v) is 6.07. The summed E-state index contributed by atoms with van der Waals surface area (Å²) in [5, 5.41) is 2.98. The van der Waals surface area contributed by atoms with Gasteiger partial charge >= 0.3 is 0 Å². The second-order valence-electron chi connectivity index (χ2n) is 7.87. The molecule has 1 saturated carbocycles. The van der Waals surface area contributed by atoms with Gasteiger partial charge in [-0.2, -0.15) is 0 Å². The number of benzene rings is 2. The summed E-state index contributed by atoms with van der Waals surface area (Å²) < 4.78 is 13.6. The Morgan fingerprint density at radius 1 is 1.21 bits per heavy atom. The van der Waals surface area contributed by atoms with E-state index in [-0.39, 0.29) is 23.6 Å². The van der Waals surface area contributed by atoms with Gasteiger partial charge in [0.25, 0.3) is 0 Å². The Kier molecular flexibility index (Phi) is 6.39. The summed E-state index contributed by atoms with van der Waals surface area (Å²) >= 11 is 0. The number of hydrogen-bond acceptors (Lipinski definition) is 2. The van der Waals surface area contributed by atoms with E-state index in [2.05, 4.69) is 17.8 Å². The van der Waals surface area contributed by atoms with Crippen molar-refractivity contribution in [1.82, 2.24) is 0 Å². The fourth-order valence-electron chi connectivity index (χ4n) is 4.11. The van der Waals surface area contributed by atoms with Crippen LogP contribution in [0.1, 0.15) is 43.7 Å². The zero-order valence-corrected chi connectivity index (χ0v) is 16.7. The minimum atomic E-state index is -0.301. The molecule has 0 aliphatic heterocycles. The Bertz CT molecular complexity index is 934. The first-order chi connectivity index (χ1) is 13.9. The largest absolute Gasteiger partial charge is 0.398 e. The number of amides is 1. The highest BCUT2D eigenvalue weighted by Crippen LogP contribution is 2.40. The van der Waals surface area contributed by atoms with Gasteiger partial charge in [-0.15, -0.1) is 6.42 Å². The van der Waals surface area contributed by atoms with Crippen LogP contribution in [0, 0.1) is 35.9 Å². The lowest BCUT2D eigenvalue weighted by atomic mass is 9.73. The molecule has 4 heteroatoms.